The van der Waals surface area contributed by atoms with Crippen LogP contribution in [0.1, 0.15) is 132 Å². The molecular weight excluding hydrogens is 505 g/mol. The Labute approximate surface area is 235 Å². The van der Waals surface area contributed by atoms with Crippen LogP contribution in [0, 0.1) is 0 Å². The fourth-order valence-corrected chi connectivity index (χ4v) is 8.50. The van der Waals surface area contributed by atoms with Crippen LogP contribution in [0.25, 0.3) is 20.2 Å². The van der Waals surface area contributed by atoms with Gasteiger partial charge in [-0.15, -0.1) is 22.7 Å². The Morgan fingerprint density at radius 1 is 0.500 bits per heavy atom. The van der Waals surface area contributed by atoms with Gasteiger partial charge in [-0.3, -0.25) is 9.59 Å². The molecule has 2 aromatic carbocycles. The number of fused-ring (bicyclic) bond motifs is 4. The first-order chi connectivity index (χ1) is 18.5. The minimum Gasteiger partial charge on any atom is -0.289 e. The lowest BCUT2D eigenvalue weighted by Gasteiger charge is -2.18. The van der Waals surface area contributed by atoms with Crippen molar-refractivity contribution in [2.24, 2.45) is 0 Å². The number of aryl methyl sites for hydroxylation is 4. The second-order valence-electron chi connectivity index (χ2n) is 10.9. The lowest BCUT2D eigenvalue weighted by atomic mass is 9.82. The summed E-state index contributed by atoms with van der Waals surface area (Å²) < 4.78 is 2.32. The van der Waals surface area contributed by atoms with E-state index in [0.29, 0.717) is 22.3 Å². The molecule has 4 aromatic rings. The summed E-state index contributed by atoms with van der Waals surface area (Å²) in [5.74, 6) is 0.0273. The van der Waals surface area contributed by atoms with Gasteiger partial charge in [-0.05, 0) is 97.5 Å². The summed E-state index contributed by atoms with van der Waals surface area (Å²) in [6.07, 6.45) is 13.5. The van der Waals surface area contributed by atoms with E-state index in [2.05, 4.69) is 39.8 Å². The van der Waals surface area contributed by atoms with E-state index in [9.17, 15) is 9.59 Å². The van der Waals surface area contributed by atoms with Gasteiger partial charge in [0.25, 0.3) is 0 Å². The van der Waals surface area contributed by atoms with Gasteiger partial charge in [-0.1, -0.05) is 53.4 Å². The maximum Gasteiger partial charge on any atom is 0.194 e. The highest BCUT2D eigenvalue weighted by atomic mass is 32.1. The van der Waals surface area contributed by atoms with Crippen LogP contribution in [0.5, 0.6) is 0 Å². The van der Waals surface area contributed by atoms with E-state index in [1.165, 1.54) is 57.3 Å². The predicted molar refractivity (Wildman–Crippen MR) is 165 cm³/mol. The minimum atomic E-state index is 0.0137. The van der Waals surface area contributed by atoms with E-state index in [-0.39, 0.29) is 11.6 Å². The van der Waals surface area contributed by atoms with Gasteiger partial charge in [-0.25, -0.2) is 0 Å². The van der Waals surface area contributed by atoms with Crippen LogP contribution in [0.2, 0.25) is 0 Å². The van der Waals surface area contributed by atoms with E-state index in [1.807, 2.05) is 34.8 Å². The molecule has 2 nitrogen and oxygen atoms in total. The fraction of sp³-hybridized carbons (Fsp3) is 0.471. The van der Waals surface area contributed by atoms with Crippen molar-refractivity contribution in [1.82, 2.24) is 0 Å². The third kappa shape index (κ3) is 4.91. The number of benzene rings is 2. The van der Waals surface area contributed by atoms with E-state index in [1.54, 1.807) is 0 Å². The number of hydrogen-bond donors (Lipinski definition) is 0. The van der Waals surface area contributed by atoms with Crippen molar-refractivity contribution in [2.45, 2.75) is 105 Å². The first-order valence-corrected chi connectivity index (χ1v) is 16.4. The topological polar surface area (TPSA) is 34.1 Å². The number of unbranched alkanes of at least 4 members (excludes halogenated alkanes) is 4. The van der Waals surface area contributed by atoms with Crippen molar-refractivity contribution < 1.29 is 9.59 Å². The average Bonchev–Trinajstić information content (AvgIpc) is 3.45. The third-order valence-electron chi connectivity index (χ3n) is 8.08. The monoisotopic (exact) mass is 544 g/mol. The summed E-state index contributed by atoms with van der Waals surface area (Å²) >= 11 is 3.67. The highest BCUT2D eigenvalue weighted by Crippen LogP contribution is 2.41. The van der Waals surface area contributed by atoms with Crippen LogP contribution in [0.15, 0.2) is 24.3 Å². The van der Waals surface area contributed by atoms with Crippen LogP contribution in [0.4, 0.5) is 0 Å². The molecule has 4 heteroatoms. The van der Waals surface area contributed by atoms with Crippen molar-refractivity contribution in [3.8, 4) is 0 Å². The van der Waals surface area contributed by atoms with E-state index < -0.39 is 0 Å². The molecule has 2 aromatic heterocycles. The normalized spacial score (nSPS) is 13.1. The van der Waals surface area contributed by atoms with Crippen LogP contribution >= 0.6 is 22.7 Å². The van der Waals surface area contributed by atoms with Gasteiger partial charge in [-0.2, -0.15) is 0 Å². The second kappa shape index (κ2) is 11.8. The highest BCUT2D eigenvalue weighted by molar-refractivity contribution is 7.19. The minimum absolute atomic E-state index is 0.0137. The number of carbonyl (C=O) groups excluding carboxylic acids is 2. The summed E-state index contributed by atoms with van der Waals surface area (Å²) in [7, 11) is 0. The molecule has 5 rings (SSSR count). The smallest absolute Gasteiger partial charge is 0.194 e. The van der Waals surface area contributed by atoms with Crippen molar-refractivity contribution >= 4 is 54.4 Å². The lowest BCUT2D eigenvalue weighted by Crippen LogP contribution is -2.20. The molecule has 0 saturated heterocycles. The van der Waals surface area contributed by atoms with Gasteiger partial charge in [0.05, 0.1) is 0 Å². The van der Waals surface area contributed by atoms with Crippen LogP contribution in [0.3, 0.4) is 0 Å². The van der Waals surface area contributed by atoms with E-state index >= 15 is 0 Å². The Morgan fingerprint density at radius 3 is 1.21 bits per heavy atom. The molecule has 0 unspecified atom stereocenters. The van der Waals surface area contributed by atoms with Gasteiger partial charge < -0.3 is 0 Å². The zero-order chi connectivity index (χ0) is 26.8. The van der Waals surface area contributed by atoms with Crippen molar-refractivity contribution in [2.75, 3.05) is 0 Å². The summed E-state index contributed by atoms with van der Waals surface area (Å²) in [5.41, 5.74) is 5.20. The molecule has 200 valence electrons. The maximum absolute atomic E-state index is 13.9. The molecule has 0 radical (unpaired) electrons. The van der Waals surface area contributed by atoms with Gasteiger partial charge in [0.2, 0.25) is 0 Å². The molecule has 0 N–H and O–H groups in total. The van der Waals surface area contributed by atoms with Gasteiger partial charge in [0.15, 0.2) is 11.6 Å². The third-order valence-corrected chi connectivity index (χ3v) is 10.6. The standard InChI is InChI=1S/C34H40O2S2/c1-5-9-13-21-23-17-25-27(19-31(23)37-29(21)15-11-7-3)34(36)26-18-24-22(14-10-6-2)30(16-12-8-4)38-32(24)20-28(26)33(25)35/h17-20H,5-16H2,1-4H3. The molecule has 38 heavy (non-hydrogen) atoms. The summed E-state index contributed by atoms with van der Waals surface area (Å²) in [6, 6.07) is 8.18. The molecule has 0 saturated carbocycles. The first-order valence-electron chi connectivity index (χ1n) is 14.8. The lowest BCUT2D eigenvalue weighted by molar-refractivity contribution is 0.0979. The van der Waals surface area contributed by atoms with Crippen LogP contribution in [-0.2, 0) is 25.7 Å². The van der Waals surface area contributed by atoms with Gasteiger partial charge in [0, 0.05) is 41.4 Å². The predicted octanol–water partition coefficient (Wildman–Crippen LogP) is 10.3. The molecule has 1 aliphatic rings. The first kappa shape index (κ1) is 27.3. The number of ketones is 2. The Balaban J connectivity index is 1.63. The van der Waals surface area contributed by atoms with Gasteiger partial charge in [0.1, 0.15) is 0 Å². The summed E-state index contributed by atoms with van der Waals surface area (Å²) in [5, 5.41) is 2.39. The number of hydrogen-bond acceptors (Lipinski definition) is 4. The number of thiophene rings is 2. The Kier molecular flexibility index (Phi) is 8.50. The zero-order valence-electron chi connectivity index (χ0n) is 23.4. The fourth-order valence-electron chi connectivity index (χ4n) is 5.86. The molecule has 0 aliphatic heterocycles. The number of rotatable bonds is 12. The molecule has 0 atom stereocenters. The van der Waals surface area contributed by atoms with Crippen molar-refractivity contribution in [3.05, 3.63) is 67.4 Å². The maximum atomic E-state index is 13.9. The largest absolute Gasteiger partial charge is 0.289 e. The van der Waals surface area contributed by atoms with Crippen LogP contribution < -0.4 is 0 Å². The second-order valence-corrected chi connectivity index (χ2v) is 13.1. The Hall–Kier alpha value is -2.30. The molecule has 0 fully saturated rings. The van der Waals surface area contributed by atoms with Crippen LogP contribution in [-0.4, -0.2) is 11.6 Å². The molecule has 2 heterocycles. The average molecular weight is 545 g/mol. The van der Waals surface area contributed by atoms with E-state index in [4.69, 9.17) is 0 Å². The molecule has 0 bridgehead atoms. The molecule has 0 spiro atoms. The van der Waals surface area contributed by atoms with Crippen molar-refractivity contribution in [3.63, 3.8) is 0 Å². The quantitative estimate of drug-likeness (QED) is 0.157. The highest BCUT2D eigenvalue weighted by Gasteiger charge is 2.32. The van der Waals surface area contributed by atoms with Crippen molar-refractivity contribution in [1.29, 1.82) is 0 Å². The molecular formula is C34H40O2S2. The Morgan fingerprint density at radius 2 is 0.842 bits per heavy atom. The molecule has 1 aliphatic carbocycles. The number of carbonyl (C=O) groups is 2. The molecule has 0 amide bonds. The summed E-state index contributed by atoms with van der Waals surface area (Å²) in [6.45, 7) is 8.93. The van der Waals surface area contributed by atoms with Gasteiger partial charge >= 0.3 is 0 Å². The summed E-state index contributed by atoms with van der Waals surface area (Å²) in [4.78, 5) is 30.8. The SMILES string of the molecule is CCCCc1sc2cc3c(cc2c1CCCC)C(=O)c1cc2sc(CCCC)c(CCCC)c2cc1C3=O. The van der Waals surface area contributed by atoms with E-state index in [0.717, 1.165) is 60.8 Å². The Bertz CT molecular complexity index is 1390. The zero-order valence-corrected chi connectivity index (χ0v) is 25.1.